The number of alkyl halides is 3. The maximum Gasteiger partial charge on any atom is 0.449 e. The van der Waals surface area contributed by atoms with E-state index >= 15 is 0 Å². The summed E-state index contributed by atoms with van der Waals surface area (Å²) in [5.74, 6) is -0.150. The molecular weight excluding hydrogens is 543 g/mol. The summed E-state index contributed by atoms with van der Waals surface area (Å²) in [6.45, 7) is 4.40. The molecule has 0 N–H and O–H groups in total. The van der Waals surface area contributed by atoms with Crippen LogP contribution in [0.1, 0.15) is 42.5 Å². The minimum Gasteiger partial charge on any atom is -0.455 e. The third-order valence-corrected chi connectivity index (χ3v) is 8.21. The molecule has 1 heterocycles. The lowest BCUT2D eigenvalue weighted by atomic mass is 9.98. The molecule has 0 spiro atoms. The summed E-state index contributed by atoms with van der Waals surface area (Å²) in [6.07, 6.45) is -4.53. The van der Waals surface area contributed by atoms with Crippen molar-refractivity contribution in [2.75, 3.05) is 5.75 Å². The zero-order valence-corrected chi connectivity index (χ0v) is 23.6. The number of benzene rings is 4. The van der Waals surface area contributed by atoms with E-state index < -0.39 is 11.9 Å². The fourth-order valence-corrected chi connectivity index (χ4v) is 5.70. The number of carbonyl (C=O) groups is 1. The van der Waals surface area contributed by atoms with E-state index in [-0.39, 0.29) is 24.1 Å². The first kappa shape index (κ1) is 28.7. The van der Waals surface area contributed by atoms with Gasteiger partial charge in [-0.25, -0.2) is 0 Å². The lowest BCUT2D eigenvalue weighted by Gasteiger charge is -2.30. The molecule has 41 heavy (non-hydrogen) atoms. The largest absolute Gasteiger partial charge is 0.455 e. The maximum absolute atomic E-state index is 13.2. The molecule has 1 atom stereocenters. The topological polar surface area (TPSA) is 33.5 Å². The Kier molecular flexibility index (Phi) is 8.66. The van der Waals surface area contributed by atoms with Gasteiger partial charge in [0, 0.05) is 17.5 Å². The van der Waals surface area contributed by atoms with E-state index in [9.17, 15) is 18.0 Å². The van der Waals surface area contributed by atoms with E-state index in [2.05, 4.69) is 66.4 Å². The molecule has 0 fully saturated rings. The van der Waals surface area contributed by atoms with Gasteiger partial charge in [0.25, 0.3) is 0 Å². The summed E-state index contributed by atoms with van der Waals surface area (Å²) in [4.78, 5) is 14.5. The summed E-state index contributed by atoms with van der Waals surface area (Å²) in [5, 5.41) is 2.23. The number of Topliss-reactive ketones (excluding diaryl/α,β-unsaturated/α-hetero) is 1. The van der Waals surface area contributed by atoms with Crippen LogP contribution in [0.25, 0.3) is 21.9 Å². The molecule has 0 amide bonds. The molecule has 0 bridgehead atoms. The van der Waals surface area contributed by atoms with Crippen molar-refractivity contribution in [3.63, 3.8) is 0 Å². The molecule has 3 nitrogen and oxygen atoms in total. The van der Waals surface area contributed by atoms with Crippen molar-refractivity contribution in [2.24, 2.45) is 0 Å². The molecule has 0 aliphatic rings. The van der Waals surface area contributed by atoms with E-state index in [1.165, 1.54) is 17.8 Å². The van der Waals surface area contributed by atoms with Gasteiger partial charge in [-0.05, 0) is 71.1 Å². The minimum absolute atomic E-state index is 0.102. The Bertz CT molecular complexity index is 1640. The number of furan rings is 1. The minimum atomic E-state index is -4.53. The number of rotatable bonds is 10. The average molecular weight is 574 g/mol. The number of ketones is 1. The van der Waals surface area contributed by atoms with Gasteiger partial charge in [-0.2, -0.15) is 13.2 Å². The standard InChI is InChI=1S/C34H30F3NO2S/c1-23(39)22-41-30-10-5-9-28(19-30)26-15-13-25(14-16-26)20-38(21-29-17-18-33(40-29)34(35,36)37)24(2)31-12-6-8-27-7-3-4-11-32(27)31/h3-19,24H,20-22H2,1-2H3. The predicted octanol–water partition coefficient (Wildman–Crippen LogP) is 9.56. The molecule has 0 saturated heterocycles. The van der Waals surface area contributed by atoms with Gasteiger partial charge in [0.05, 0.1) is 12.3 Å². The average Bonchev–Trinajstić information content (AvgIpc) is 3.45. The molecule has 1 unspecified atom stereocenters. The van der Waals surface area contributed by atoms with Crippen molar-refractivity contribution in [2.45, 2.75) is 44.1 Å². The normalized spacial score (nSPS) is 12.6. The number of carbonyl (C=O) groups excluding carboxylic acids is 1. The highest BCUT2D eigenvalue weighted by Gasteiger charge is 2.35. The number of thioether (sulfide) groups is 1. The van der Waals surface area contributed by atoms with Crippen molar-refractivity contribution >= 4 is 28.3 Å². The van der Waals surface area contributed by atoms with Gasteiger partial charge in [-0.1, -0.05) is 78.9 Å². The van der Waals surface area contributed by atoms with Gasteiger partial charge < -0.3 is 4.42 Å². The first-order chi connectivity index (χ1) is 19.7. The van der Waals surface area contributed by atoms with Gasteiger partial charge >= 0.3 is 6.18 Å². The van der Waals surface area contributed by atoms with Crippen molar-refractivity contribution in [1.82, 2.24) is 4.90 Å². The number of fused-ring (bicyclic) bond motifs is 1. The highest BCUT2D eigenvalue weighted by molar-refractivity contribution is 8.00. The smallest absolute Gasteiger partial charge is 0.449 e. The molecule has 5 rings (SSSR count). The summed E-state index contributed by atoms with van der Waals surface area (Å²) in [6, 6.07) is 32.9. The van der Waals surface area contributed by atoms with Crippen LogP contribution in [0.2, 0.25) is 0 Å². The van der Waals surface area contributed by atoms with Crippen molar-refractivity contribution < 1.29 is 22.4 Å². The van der Waals surface area contributed by atoms with Crippen LogP contribution in [0.3, 0.4) is 0 Å². The van der Waals surface area contributed by atoms with Gasteiger partial charge in [0.2, 0.25) is 5.76 Å². The molecule has 5 aromatic rings. The van der Waals surface area contributed by atoms with Gasteiger partial charge in [0.1, 0.15) is 11.5 Å². The van der Waals surface area contributed by atoms with Crippen molar-refractivity contribution in [1.29, 1.82) is 0 Å². The van der Waals surface area contributed by atoms with Crippen LogP contribution in [-0.4, -0.2) is 16.4 Å². The quantitative estimate of drug-likeness (QED) is 0.156. The molecule has 7 heteroatoms. The molecule has 210 valence electrons. The number of hydrogen-bond donors (Lipinski definition) is 0. The summed E-state index contributed by atoms with van der Waals surface area (Å²) < 4.78 is 44.9. The molecule has 1 aromatic heterocycles. The third-order valence-electron chi connectivity index (χ3n) is 7.07. The maximum atomic E-state index is 13.2. The second-order valence-electron chi connectivity index (χ2n) is 10.1. The van der Waals surface area contributed by atoms with Crippen molar-refractivity contribution in [3.8, 4) is 11.1 Å². The molecular formula is C34H30F3NO2S. The van der Waals surface area contributed by atoms with Crippen LogP contribution in [0.5, 0.6) is 0 Å². The van der Waals surface area contributed by atoms with E-state index in [1.807, 2.05) is 36.4 Å². The fraction of sp³-hybridized carbons (Fsp3) is 0.206. The molecule has 0 radical (unpaired) electrons. The summed E-state index contributed by atoms with van der Waals surface area (Å²) >= 11 is 1.52. The fourth-order valence-electron chi connectivity index (χ4n) is 4.94. The highest BCUT2D eigenvalue weighted by atomic mass is 32.2. The SMILES string of the molecule is CC(=O)CSc1cccc(-c2ccc(CN(Cc3ccc(C(F)(F)F)o3)C(C)c3cccc4ccccc34)cc2)c1. The van der Waals surface area contributed by atoms with E-state index in [0.29, 0.717) is 12.3 Å². The number of hydrogen-bond acceptors (Lipinski definition) is 4. The Labute approximate surface area is 242 Å². The van der Waals surface area contributed by atoms with Gasteiger partial charge in [-0.15, -0.1) is 11.8 Å². The second kappa shape index (κ2) is 12.4. The lowest BCUT2D eigenvalue weighted by molar-refractivity contribution is -0.153. The molecule has 0 saturated carbocycles. The highest BCUT2D eigenvalue weighted by Crippen LogP contribution is 2.34. The Hall–Kier alpha value is -3.81. The van der Waals surface area contributed by atoms with Crippen LogP contribution in [0, 0.1) is 0 Å². The first-order valence-electron chi connectivity index (χ1n) is 13.4. The predicted molar refractivity (Wildman–Crippen MR) is 159 cm³/mol. The van der Waals surface area contributed by atoms with Crippen LogP contribution in [-0.2, 0) is 24.1 Å². The van der Waals surface area contributed by atoms with Gasteiger partial charge in [-0.3, -0.25) is 9.69 Å². The monoisotopic (exact) mass is 573 g/mol. The molecule has 4 aromatic carbocycles. The third kappa shape index (κ3) is 7.10. The number of nitrogens with zero attached hydrogens (tertiary/aromatic N) is 1. The van der Waals surface area contributed by atoms with Crippen molar-refractivity contribution in [3.05, 3.63) is 126 Å². The van der Waals surface area contributed by atoms with E-state index in [1.54, 1.807) is 6.92 Å². The summed E-state index contributed by atoms with van der Waals surface area (Å²) in [5.41, 5.74) is 4.24. The van der Waals surface area contributed by atoms with Gasteiger partial charge in [0.15, 0.2) is 0 Å². The molecule has 0 aliphatic carbocycles. The van der Waals surface area contributed by atoms with Crippen LogP contribution >= 0.6 is 11.8 Å². The Morgan fingerprint density at radius 2 is 1.59 bits per heavy atom. The Morgan fingerprint density at radius 3 is 2.32 bits per heavy atom. The van der Waals surface area contributed by atoms with E-state index in [4.69, 9.17) is 4.42 Å². The zero-order chi connectivity index (χ0) is 29.0. The van der Waals surface area contributed by atoms with Crippen LogP contribution in [0.15, 0.2) is 112 Å². The lowest BCUT2D eigenvalue weighted by Crippen LogP contribution is -2.26. The zero-order valence-electron chi connectivity index (χ0n) is 22.8. The Morgan fingerprint density at radius 1 is 0.854 bits per heavy atom. The summed E-state index contributed by atoms with van der Waals surface area (Å²) in [7, 11) is 0. The molecule has 0 aliphatic heterocycles. The van der Waals surface area contributed by atoms with E-state index in [0.717, 1.165) is 44.0 Å². The van der Waals surface area contributed by atoms with Crippen LogP contribution < -0.4 is 0 Å². The number of halogens is 3. The second-order valence-corrected chi connectivity index (χ2v) is 11.2. The first-order valence-corrected chi connectivity index (χ1v) is 14.3. The Balaban J connectivity index is 1.41. The van der Waals surface area contributed by atoms with Crippen LogP contribution in [0.4, 0.5) is 13.2 Å².